The van der Waals surface area contributed by atoms with Gasteiger partial charge in [-0.05, 0) is 50.6 Å². The number of hydrogen-bond donors (Lipinski definition) is 1. The number of rotatable bonds is 5. The third-order valence-electron chi connectivity index (χ3n) is 4.42. The maximum Gasteiger partial charge on any atom is 0.126 e. The van der Waals surface area contributed by atoms with Crippen LogP contribution >= 0.6 is 0 Å². The topological polar surface area (TPSA) is 32.7 Å². The van der Waals surface area contributed by atoms with Crippen LogP contribution in [0.5, 0.6) is 11.5 Å². The molecule has 1 unspecified atom stereocenters. The van der Waals surface area contributed by atoms with Crippen LogP contribution in [0.1, 0.15) is 17.5 Å². The van der Waals surface area contributed by atoms with Gasteiger partial charge in [0.2, 0.25) is 0 Å². The van der Waals surface area contributed by atoms with Crippen molar-refractivity contribution in [2.75, 3.05) is 20.2 Å². The minimum absolute atomic E-state index is 0.330. The fourth-order valence-corrected chi connectivity index (χ4v) is 3.02. The number of fused-ring (bicyclic) bond motifs is 1. The van der Waals surface area contributed by atoms with E-state index in [9.17, 15) is 5.11 Å². The lowest BCUT2D eigenvalue weighted by atomic mass is 10.0. The van der Waals surface area contributed by atoms with Crippen molar-refractivity contribution in [3.63, 3.8) is 0 Å². The SMILES string of the molecule is CN(CCCc1ccccc1)C1COc2cccc(O)c2C1. The Morgan fingerprint density at radius 1 is 1.14 bits per heavy atom. The van der Waals surface area contributed by atoms with E-state index in [2.05, 4.69) is 42.3 Å². The van der Waals surface area contributed by atoms with E-state index >= 15 is 0 Å². The van der Waals surface area contributed by atoms with Crippen molar-refractivity contribution < 1.29 is 9.84 Å². The van der Waals surface area contributed by atoms with Crippen molar-refractivity contribution in [1.29, 1.82) is 0 Å². The summed E-state index contributed by atoms with van der Waals surface area (Å²) in [6, 6.07) is 16.4. The van der Waals surface area contributed by atoms with E-state index in [-0.39, 0.29) is 0 Å². The molecule has 1 N–H and O–H groups in total. The van der Waals surface area contributed by atoms with Crippen LogP contribution in [0.15, 0.2) is 48.5 Å². The zero-order chi connectivity index (χ0) is 15.4. The van der Waals surface area contributed by atoms with Gasteiger partial charge in [-0.3, -0.25) is 4.90 Å². The van der Waals surface area contributed by atoms with Gasteiger partial charge < -0.3 is 9.84 Å². The van der Waals surface area contributed by atoms with Crippen molar-refractivity contribution in [3.8, 4) is 11.5 Å². The number of likely N-dealkylation sites (N-methyl/N-ethyl adjacent to an activating group) is 1. The number of hydrogen-bond acceptors (Lipinski definition) is 3. The first kappa shape index (κ1) is 14.9. The fraction of sp³-hybridized carbons (Fsp3) is 0.368. The summed E-state index contributed by atoms with van der Waals surface area (Å²) in [6.07, 6.45) is 3.08. The molecule has 1 aliphatic heterocycles. The number of aromatic hydroxyl groups is 1. The quantitative estimate of drug-likeness (QED) is 0.919. The minimum Gasteiger partial charge on any atom is -0.508 e. The van der Waals surface area contributed by atoms with E-state index in [4.69, 9.17) is 4.74 Å². The highest BCUT2D eigenvalue weighted by atomic mass is 16.5. The van der Waals surface area contributed by atoms with Crippen LogP contribution in [0, 0.1) is 0 Å². The first-order chi connectivity index (χ1) is 10.7. The number of benzene rings is 2. The standard InChI is InChI=1S/C19H23NO2/c1-20(12-6-9-15-7-3-2-4-8-15)16-13-17-18(21)10-5-11-19(17)22-14-16/h2-5,7-8,10-11,16,21H,6,9,12-14H2,1H3. The molecule has 0 aliphatic carbocycles. The van der Waals surface area contributed by atoms with E-state index < -0.39 is 0 Å². The van der Waals surface area contributed by atoms with Crippen molar-refractivity contribution >= 4 is 0 Å². The zero-order valence-corrected chi connectivity index (χ0v) is 13.0. The molecule has 116 valence electrons. The molecular formula is C19H23NO2. The second-order valence-electron chi connectivity index (χ2n) is 5.99. The summed E-state index contributed by atoms with van der Waals surface area (Å²) in [7, 11) is 2.14. The molecule has 1 atom stereocenters. The van der Waals surface area contributed by atoms with Gasteiger partial charge in [-0.15, -0.1) is 0 Å². The lowest BCUT2D eigenvalue weighted by Gasteiger charge is -2.32. The molecule has 0 amide bonds. The van der Waals surface area contributed by atoms with Gasteiger partial charge in [-0.2, -0.15) is 0 Å². The molecule has 3 nitrogen and oxygen atoms in total. The predicted molar refractivity (Wildman–Crippen MR) is 88.5 cm³/mol. The molecule has 0 spiro atoms. The third-order valence-corrected chi connectivity index (χ3v) is 4.42. The molecule has 0 saturated carbocycles. The second kappa shape index (κ2) is 6.84. The maximum absolute atomic E-state index is 9.98. The van der Waals surface area contributed by atoms with Crippen LogP contribution in [0.3, 0.4) is 0 Å². The Labute approximate surface area is 132 Å². The van der Waals surface area contributed by atoms with E-state index in [1.165, 1.54) is 5.56 Å². The van der Waals surface area contributed by atoms with Crippen LogP contribution < -0.4 is 4.74 Å². The Morgan fingerprint density at radius 2 is 1.95 bits per heavy atom. The van der Waals surface area contributed by atoms with Crippen molar-refractivity contribution in [1.82, 2.24) is 4.90 Å². The number of nitrogens with zero attached hydrogens (tertiary/aromatic N) is 1. The van der Waals surface area contributed by atoms with Gasteiger partial charge in [0.15, 0.2) is 0 Å². The van der Waals surface area contributed by atoms with Gasteiger partial charge in [0.1, 0.15) is 18.1 Å². The van der Waals surface area contributed by atoms with Crippen molar-refractivity contribution in [2.24, 2.45) is 0 Å². The average molecular weight is 297 g/mol. The second-order valence-corrected chi connectivity index (χ2v) is 5.99. The monoisotopic (exact) mass is 297 g/mol. The third kappa shape index (κ3) is 3.42. The number of phenolic OH excluding ortho intramolecular Hbond substituents is 1. The summed E-state index contributed by atoms with van der Waals surface area (Å²) >= 11 is 0. The molecule has 1 aliphatic rings. The Kier molecular flexibility index (Phi) is 4.64. The Morgan fingerprint density at radius 3 is 2.77 bits per heavy atom. The first-order valence-electron chi connectivity index (χ1n) is 7.92. The molecule has 22 heavy (non-hydrogen) atoms. The van der Waals surface area contributed by atoms with Gasteiger partial charge in [-0.1, -0.05) is 36.4 Å². The van der Waals surface area contributed by atoms with Crippen LogP contribution in [0.25, 0.3) is 0 Å². The lowest BCUT2D eigenvalue weighted by Crippen LogP contribution is -2.41. The smallest absolute Gasteiger partial charge is 0.126 e. The van der Waals surface area contributed by atoms with Crippen LogP contribution in [-0.2, 0) is 12.8 Å². The highest BCUT2D eigenvalue weighted by molar-refractivity contribution is 5.45. The van der Waals surface area contributed by atoms with E-state index in [0.717, 1.165) is 37.1 Å². The summed E-state index contributed by atoms with van der Waals surface area (Å²) in [6.45, 7) is 1.73. The average Bonchev–Trinajstić information content (AvgIpc) is 2.56. The molecule has 2 aromatic rings. The normalized spacial score (nSPS) is 17.1. The Bertz CT molecular complexity index is 612. The number of aryl methyl sites for hydroxylation is 1. The fourth-order valence-electron chi connectivity index (χ4n) is 3.02. The highest BCUT2D eigenvalue weighted by Gasteiger charge is 2.24. The van der Waals surface area contributed by atoms with E-state index in [1.54, 1.807) is 6.07 Å². The molecule has 0 aromatic heterocycles. The molecule has 0 saturated heterocycles. The van der Waals surface area contributed by atoms with Gasteiger partial charge in [0, 0.05) is 11.6 Å². The van der Waals surface area contributed by atoms with Crippen LogP contribution in [-0.4, -0.2) is 36.2 Å². The zero-order valence-electron chi connectivity index (χ0n) is 13.0. The first-order valence-corrected chi connectivity index (χ1v) is 7.92. The summed E-state index contributed by atoms with van der Waals surface area (Å²) in [5, 5.41) is 9.98. The van der Waals surface area contributed by atoms with E-state index in [0.29, 0.717) is 18.4 Å². The van der Waals surface area contributed by atoms with Crippen molar-refractivity contribution in [3.05, 3.63) is 59.7 Å². The van der Waals surface area contributed by atoms with Crippen LogP contribution in [0.4, 0.5) is 0 Å². The van der Waals surface area contributed by atoms with Gasteiger partial charge in [-0.25, -0.2) is 0 Å². The number of ether oxygens (including phenoxy) is 1. The molecular weight excluding hydrogens is 274 g/mol. The Hall–Kier alpha value is -2.00. The summed E-state index contributed by atoms with van der Waals surface area (Å²) in [5.41, 5.74) is 2.33. The molecule has 0 fully saturated rings. The number of phenols is 1. The van der Waals surface area contributed by atoms with Gasteiger partial charge in [0.25, 0.3) is 0 Å². The lowest BCUT2D eigenvalue weighted by molar-refractivity contribution is 0.140. The summed E-state index contributed by atoms with van der Waals surface area (Å²) < 4.78 is 5.80. The van der Waals surface area contributed by atoms with Gasteiger partial charge in [0.05, 0.1) is 0 Å². The van der Waals surface area contributed by atoms with Crippen molar-refractivity contribution in [2.45, 2.75) is 25.3 Å². The predicted octanol–water partition coefficient (Wildman–Crippen LogP) is 3.26. The molecule has 3 heteroatoms. The summed E-state index contributed by atoms with van der Waals surface area (Å²) in [5.74, 6) is 1.17. The summed E-state index contributed by atoms with van der Waals surface area (Å²) in [4.78, 5) is 2.35. The van der Waals surface area contributed by atoms with Gasteiger partial charge >= 0.3 is 0 Å². The molecule has 0 radical (unpaired) electrons. The highest BCUT2D eigenvalue weighted by Crippen LogP contribution is 2.32. The molecule has 1 heterocycles. The largest absolute Gasteiger partial charge is 0.508 e. The molecule has 0 bridgehead atoms. The maximum atomic E-state index is 9.98. The van der Waals surface area contributed by atoms with Crippen LogP contribution in [0.2, 0.25) is 0 Å². The molecule has 3 rings (SSSR count). The Balaban J connectivity index is 1.53. The minimum atomic E-state index is 0.330. The molecule has 2 aromatic carbocycles. The van der Waals surface area contributed by atoms with E-state index in [1.807, 2.05) is 12.1 Å².